The second-order valence-corrected chi connectivity index (χ2v) is 10.5. The van der Waals surface area contributed by atoms with Gasteiger partial charge in [0.2, 0.25) is 0 Å². The van der Waals surface area contributed by atoms with E-state index in [1.807, 2.05) is 0 Å². The van der Waals surface area contributed by atoms with Gasteiger partial charge in [-0.05, 0) is 24.6 Å². The predicted molar refractivity (Wildman–Crippen MR) is 66.6 cm³/mol. The van der Waals surface area contributed by atoms with Crippen molar-refractivity contribution in [1.82, 2.24) is 0 Å². The number of ether oxygens (including phenoxy) is 1. The summed E-state index contributed by atoms with van der Waals surface area (Å²) in [5.74, 6) is 0. The first-order valence-corrected chi connectivity index (χ1v) is 8.56. The van der Waals surface area contributed by atoms with E-state index in [0.29, 0.717) is 0 Å². The highest BCUT2D eigenvalue weighted by molar-refractivity contribution is 6.74. The standard InChI is InChI=1S/C12H24O2Si/c1-12(2,3)15(5,6)14-11-9-7-8-10(11)13-4/h7,9-11H,8H2,1-6H3/t10-,11-/m0/s1. The molecule has 0 fully saturated rings. The molecule has 15 heavy (non-hydrogen) atoms. The highest BCUT2D eigenvalue weighted by Crippen LogP contribution is 2.38. The largest absolute Gasteiger partial charge is 0.408 e. The van der Waals surface area contributed by atoms with Crippen molar-refractivity contribution >= 4 is 8.32 Å². The first-order valence-electron chi connectivity index (χ1n) is 5.65. The van der Waals surface area contributed by atoms with Crippen molar-refractivity contribution in [3.63, 3.8) is 0 Å². The van der Waals surface area contributed by atoms with Crippen LogP contribution in [0.15, 0.2) is 12.2 Å². The maximum absolute atomic E-state index is 6.29. The van der Waals surface area contributed by atoms with Crippen LogP contribution in [0.1, 0.15) is 27.2 Å². The topological polar surface area (TPSA) is 18.5 Å². The highest BCUT2D eigenvalue weighted by Gasteiger charge is 2.40. The van der Waals surface area contributed by atoms with Gasteiger partial charge in [0.25, 0.3) is 0 Å². The lowest BCUT2D eigenvalue weighted by Gasteiger charge is -2.39. The molecule has 0 saturated heterocycles. The quantitative estimate of drug-likeness (QED) is 0.545. The molecule has 0 aromatic heterocycles. The van der Waals surface area contributed by atoms with Crippen LogP contribution in [-0.4, -0.2) is 27.6 Å². The van der Waals surface area contributed by atoms with Crippen LogP contribution in [0.25, 0.3) is 0 Å². The molecule has 0 unspecified atom stereocenters. The molecule has 1 rings (SSSR count). The van der Waals surface area contributed by atoms with Gasteiger partial charge in [-0.3, -0.25) is 0 Å². The van der Waals surface area contributed by atoms with E-state index in [1.165, 1.54) is 0 Å². The second kappa shape index (κ2) is 4.40. The summed E-state index contributed by atoms with van der Waals surface area (Å²) in [7, 11) is 0.104. The van der Waals surface area contributed by atoms with Crippen molar-refractivity contribution in [3.05, 3.63) is 12.2 Å². The molecule has 0 spiro atoms. The Hall–Kier alpha value is -0.123. The van der Waals surface area contributed by atoms with Gasteiger partial charge in [0, 0.05) is 7.11 Å². The number of hydrogen-bond donors (Lipinski definition) is 0. The van der Waals surface area contributed by atoms with Gasteiger partial charge in [0.05, 0.1) is 12.2 Å². The molecule has 0 bridgehead atoms. The zero-order valence-corrected chi connectivity index (χ0v) is 11.8. The molecule has 2 atom stereocenters. The third-order valence-corrected chi connectivity index (χ3v) is 8.07. The van der Waals surface area contributed by atoms with Gasteiger partial charge in [0.1, 0.15) is 0 Å². The summed E-state index contributed by atoms with van der Waals surface area (Å²) >= 11 is 0. The van der Waals surface area contributed by atoms with Gasteiger partial charge in [-0.25, -0.2) is 0 Å². The fourth-order valence-electron chi connectivity index (χ4n) is 1.47. The Labute approximate surface area is 94.8 Å². The molecule has 0 saturated carbocycles. The molecule has 1 aliphatic carbocycles. The number of hydrogen-bond acceptors (Lipinski definition) is 2. The average Bonchev–Trinajstić information content (AvgIpc) is 2.48. The monoisotopic (exact) mass is 228 g/mol. The van der Waals surface area contributed by atoms with E-state index in [2.05, 4.69) is 46.0 Å². The predicted octanol–water partition coefficient (Wildman–Crippen LogP) is 3.35. The molecule has 2 nitrogen and oxygen atoms in total. The molecule has 1 aliphatic rings. The van der Waals surface area contributed by atoms with Gasteiger partial charge in [0.15, 0.2) is 8.32 Å². The third-order valence-electron chi connectivity index (χ3n) is 3.60. The van der Waals surface area contributed by atoms with Crippen LogP contribution in [0.4, 0.5) is 0 Å². The smallest absolute Gasteiger partial charge is 0.193 e. The number of methoxy groups -OCH3 is 1. The summed E-state index contributed by atoms with van der Waals surface area (Å²) in [6.45, 7) is 11.4. The van der Waals surface area contributed by atoms with Crippen LogP contribution >= 0.6 is 0 Å². The van der Waals surface area contributed by atoms with Crippen molar-refractivity contribution in [1.29, 1.82) is 0 Å². The molecule has 0 heterocycles. The zero-order valence-electron chi connectivity index (χ0n) is 10.8. The van der Waals surface area contributed by atoms with Crippen molar-refractivity contribution < 1.29 is 9.16 Å². The van der Waals surface area contributed by atoms with Gasteiger partial charge >= 0.3 is 0 Å². The highest BCUT2D eigenvalue weighted by atomic mass is 28.4. The van der Waals surface area contributed by atoms with E-state index in [1.54, 1.807) is 7.11 Å². The fraction of sp³-hybridized carbons (Fsp3) is 0.833. The van der Waals surface area contributed by atoms with Crippen LogP contribution < -0.4 is 0 Å². The van der Waals surface area contributed by atoms with E-state index >= 15 is 0 Å². The van der Waals surface area contributed by atoms with Gasteiger partial charge in [-0.15, -0.1) is 0 Å². The average molecular weight is 228 g/mol. The molecule has 0 radical (unpaired) electrons. The van der Waals surface area contributed by atoms with E-state index in [9.17, 15) is 0 Å². The third kappa shape index (κ3) is 2.92. The Morgan fingerprint density at radius 2 is 1.87 bits per heavy atom. The van der Waals surface area contributed by atoms with Crippen LogP contribution in [0.3, 0.4) is 0 Å². The first-order chi connectivity index (χ1) is 6.78. The minimum atomic E-state index is -1.66. The molecule has 0 aromatic carbocycles. The first kappa shape index (κ1) is 12.9. The summed E-state index contributed by atoms with van der Waals surface area (Å²) < 4.78 is 11.7. The lowest BCUT2D eigenvalue weighted by atomic mass is 10.2. The van der Waals surface area contributed by atoms with Crippen LogP contribution in [0.5, 0.6) is 0 Å². The molecule has 3 heteroatoms. The Balaban J connectivity index is 2.65. The molecule has 0 aromatic rings. The Kier molecular flexibility index (Phi) is 3.79. The van der Waals surface area contributed by atoms with E-state index in [4.69, 9.17) is 9.16 Å². The fourth-order valence-corrected chi connectivity index (χ4v) is 2.73. The summed E-state index contributed by atoms with van der Waals surface area (Å²) in [5.41, 5.74) is 0. The zero-order chi connectivity index (χ0) is 11.7. The maximum atomic E-state index is 6.29. The second-order valence-electron chi connectivity index (χ2n) is 5.78. The van der Waals surface area contributed by atoms with Crippen molar-refractivity contribution in [3.8, 4) is 0 Å². The lowest BCUT2D eigenvalue weighted by molar-refractivity contribution is 0.0286. The summed E-state index contributed by atoms with van der Waals surface area (Å²) in [5, 5.41) is 0.266. The lowest BCUT2D eigenvalue weighted by Crippen LogP contribution is -2.45. The van der Waals surface area contributed by atoms with E-state index in [0.717, 1.165) is 6.42 Å². The van der Waals surface area contributed by atoms with Gasteiger partial charge < -0.3 is 9.16 Å². The van der Waals surface area contributed by atoms with Crippen LogP contribution in [0, 0.1) is 0 Å². The Bertz CT molecular complexity index is 240. The minimum Gasteiger partial charge on any atom is -0.408 e. The molecular formula is C12H24O2Si. The van der Waals surface area contributed by atoms with E-state index in [-0.39, 0.29) is 17.2 Å². The Morgan fingerprint density at radius 3 is 2.33 bits per heavy atom. The van der Waals surface area contributed by atoms with Crippen LogP contribution in [-0.2, 0) is 9.16 Å². The molecule has 88 valence electrons. The SMILES string of the molecule is CO[C@H]1CC=C[C@@H]1O[Si](C)(C)C(C)(C)C. The maximum Gasteiger partial charge on any atom is 0.193 e. The summed E-state index contributed by atoms with van der Waals surface area (Å²) in [6, 6.07) is 0. The van der Waals surface area contributed by atoms with Crippen molar-refractivity contribution in [2.45, 2.75) is 57.5 Å². The number of rotatable bonds is 3. The van der Waals surface area contributed by atoms with Gasteiger partial charge in [-0.2, -0.15) is 0 Å². The molecule has 0 aliphatic heterocycles. The molecule has 0 N–H and O–H groups in total. The van der Waals surface area contributed by atoms with Crippen molar-refractivity contribution in [2.75, 3.05) is 7.11 Å². The molecular weight excluding hydrogens is 204 g/mol. The van der Waals surface area contributed by atoms with Crippen LogP contribution in [0.2, 0.25) is 18.1 Å². The minimum absolute atomic E-state index is 0.163. The summed E-state index contributed by atoms with van der Waals surface area (Å²) in [4.78, 5) is 0. The van der Waals surface area contributed by atoms with E-state index < -0.39 is 8.32 Å². The molecule has 0 amide bonds. The van der Waals surface area contributed by atoms with Gasteiger partial charge in [-0.1, -0.05) is 32.9 Å². The summed E-state index contributed by atoms with van der Waals surface area (Å²) in [6.07, 6.45) is 5.67. The normalized spacial score (nSPS) is 27.3. The van der Waals surface area contributed by atoms with Crippen molar-refractivity contribution in [2.24, 2.45) is 0 Å². The Morgan fingerprint density at radius 1 is 1.27 bits per heavy atom.